The van der Waals surface area contributed by atoms with E-state index in [-0.39, 0.29) is 17.9 Å². The molecule has 120 valence electrons. The fourth-order valence-electron chi connectivity index (χ4n) is 2.27. The van der Waals surface area contributed by atoms with Gasteiger partial charge in [-0.25, -0.2) is 5.48 Å². The Kier molecular flexibility index (Phi) is 6.11. The molecular formula is C14H20N4O4. The number of hydrogen-bond donors (Lipinski definition) is 2. The van der Waals surface area contributed by atoms with E-state index in [0.29, 0.717) is 31.2 Å². The highest BCUT2D eigenvalue weighted by Gasteiger charge is 2.14. The van der Waals surface area contributed by atoms with Crippen LogP contribution in [0.3, 0.4) is 0 Å². The maximum absolute atomic E-state index is 12.2. The van der Waals surface area contributed by atoms with Crippen molar-refractivity contribution in [1.82, 2.24) is 15.4 Å². The van der Waals surface area contributed by atoms with Gasteiger partial charge in [0.2, 0.25) is 0 Å². The van der Waals surface area contributed by atoms with Crippen molar-refractivity contribution in [3.8, 4) is 0 Å². The maximum atomic E-state index is 12.2. The molecule has 0 amide bonds. The molecule has 1 unspecified atom stereocenters. The molecule has 2 N–H and O–H groups in total. The molecule has 0 saturated carbocycles. The van der Waals surface area contributed by atoms with Crippen LogP contribution in [0.4, 0.5) is 0 Å². The summed E-state index contributed by atoms with van der Waals surface area (Å²) >= 11 is 0. The van der Waals surface area contributed by atoms with Crippen molar-refractivity contribution in [2.24, 2.45) is 10.9 Å². The van der Waals surface area contributed by atoms with Gasteiger partial charge < -0.3 is 19.5 Å². The van der Waals surface area contributed by atoms with Crippen LogP contribution >= 0.6 is 0 Å². The van der Waals surface area contributed by atoms with Crippen LogP contribution in [-0.2, 0) is 20.9 Å². The fraction of sp³-hybridized carbons (Fsp3) is 0.500. The molecule has 1 aliphatic heterocycles. The molecule has 2 rings (SSSR count). The fourth-order valence-corrected chi connectivity index (χ4v) is 2.27. The van der Waals surface area contributed by atoms with Crippen LogP contribution < -0.4 is 16.4 Å². The number of ether oxygens (including phenoxy) is 1. The molecule has 1 atom stereocenters. The lowest BCUT2D eigenvalue weighted by molar-refractivity contribution is -0.132. The van der Waals surface area contributed by atoms with E-state index in [2.05, 4.69) is 20.6 Å². The number of carbonyl (C=O) groups excluding carboxylic acids is 1. The van der Waals surface area contributed by atoms with Gasteiger partial charge in [0.1, 0.15) is 0 Å². The lowest BCUT2D eigenvalue weighted by atomic mass is 10.1. The Balaban J connectivity index is 2.08. The van der Waals surface area contributed by atoms with E-state index in [1.165, 1.54) is 13.1 Å². The van der Waals surface area contributed by atoms with E-state index >= 15 is 0 Å². The van der Waals surface area contributed by atoms with Gasteiger partial charge in [0.15, 0.2) is 5.84 Å². The zero-order chi connectivity index (χ0) is 15.8. The van der Waals surface area contributed by atoms with Crippen LogP contribution in [0.15, 0.2) is 28.1 Å². The lowest BCUT2D eigenvalue weighted by Gasteiger charge is -2.16. The summed E-state index contributed by atoms with van der Waals surface area (Å²) < 4.78 is 7.12. The predicted octanol–water partition coefficient (Wildman–Crippen LogP) is -0.862. The third-order valence-corrected chi connectivity index (χ3v) is 3.36. The van der Waals surface area contributed by atoms with Gasteiger partial charge in [-0.1, -0.05) is 0 Å². The first-order valence-corrected chi connectivity index (χ1v) is 7.06. The molecule has 0 radical (unpaired) electrons. The average Bonchev–Trinajstić information content (AvgIpc) is 2.79. The van der Waals surface area contributed by atoms with Crippen molar-refractivity contribution in [2.45, 2.75) is 6.54 Å². The van der Waals surface area contributed by atoms with Crippen LogP contribution in [0.25, 0.3) is 0 Å². The minimum absolute atomic E-state index is 0.143. The van der Waals surface area contributed by atoms with E-state index in [9.17, 15) is 9.59 Å². The topological polar surface area (TPSA) is 94.0 Å². The Morgan fingerprint density at radius 1 is 1.68 bits per heavy atom. The number of pyridine rings is 1. The summed E-state index contributed by atoms with van der Waals surface area (Å²) in [6.45, 7) is 3.84. The highest BCUT2D eigenvalue weighted by molar-refractivity contribution is 5.98. The third-order valence-electron chi connectivity index (χ3n) is 3.36. The normalized spacial score (nSPS) is 19.3. The Hall–Kier alpha value is -2.19. The first-order chi connectivity index (χ1) is 10.7. The van der Waals surface area contributed by atoms with E-state index in [4.69, 9.17) is 4.74 Å². The van der Waals surface area contributed by atoms with Gasteiger partial charge in [-0.15, -0.1) is 0 Å². The van der Waals surface area contributed by atoms with Gasteiger partial charge in [0.05, 0.1) is 13.2 Å². The average molecular weight is 308 g/mol. The van der Waals surface area contributed by atoms with Gasteiger partial charge in [0.25, 0.3) is 5.56 Å². The Labute approximate surface area is 128 Å². The van der Waals surface area contributed by atoms with Crippen molar-refractivity contribution in [3.63, 3.8) is 0 Å². The third kappa shape index (κ3) is 4.40. The molecule has 22 heavy (non-hydrogen) atoms. The molecule has 1 aliphatic rings. The molecule has 0 aliphatic carbocycles. The summed E-state index contributed by atoms with van der Waals surface area (Å²) in [6.07, 6.45) is 1.70. The number of hydroxylamine groups is 1. The number of hydrogen-bond acceptors (Lipinski definition) is 6. The second-order valence-corrected chi connectivity index (χ2v) is 4.94. The summed E-state index contributed by atoms with van der Waals surface area (Å²) in [4.78, 5) is 30.8. The monoisotopic (exact) mass is 308 g/mol. The van der Waals surface area contributed by atoms with Gasteiger partial charge >= 0.3 is 6.47 Å². The zero-order valence-electron chi connectivity index (χ0n) is 12.4. The number of nitrogens with one attached hydrogen (secondary N) is 2. The van der Waals surface area contributed by atoms with Crippen LogP contribution in [0.2, 0.25) is 0 Å². The first-order valence-electron chi connectivity index (χ1n) is 7.06. The van der Waals surface area contributed by atoms with Gasteiger partial charge in [-0.05, 0) is 6.07 Å². The Bertz CT molecular complexity index is 576. The van der Waals surface area contributed by atoms with Crippen molar-refractivity contribution in [1.29, 1.82) is 0 Å². The number of aromatic nitrogens is 1. The second kappa shape index (κ2) is 8.30. The summed E-state index contributed by atoms with van der Waals surface area (Å²) in [6, 6.07) is 3.20. The van der Waals surface area contributed by atoms with E-state index in [0.717, 1.165) is 13.1 Å². The molecule has 0 aromatic carbocycles. The van der Waals surface area contributed by atoms with Crippen LogP contribution in [0, 0.1) is 5.92 Å². The highest BCUT2D eigenvalue weighted by atomic mass is 16.7. The molecule has 0 bridgehead atoms. The second-order valence-electron chi connectivity index (χ2n) is 4.94. The molecule has 1 saturated heterocycles. The number of aliphatic imine (C=N–C) groups is 1. The zero-order valence-corrected chi connectivity index (χ0v) is 12.4. The van der Waals surface area contributed by atoms with Gasteiger partial charge in [-0.3, -0.25) is 14.6 Å². The van der Waals surface area contributed by atoms with E-state index < -0.39 is 0 Å². The summed E-state index contributed by atoms with van der Waals surface area (Å²) in [5, 5.41) is 3.28. The summed E-state index contributed by atoms with van der Waals surface area (Å²) in [5.74, 6) is 0.567. The van der Waals surface area contributed by atoms with Gasteiger partial charge in [-0.2, -0.15) is 0 Å². The van der Waals surface area contributed by atoms with Crippen molar-refractivity contribution in [3.05, 3.63) is 34.2 Å². The molecule has 1 aromatic heterocycles. The van der Waals surface area contributed by atoms with Gasteiger partial charge in [0, 0.05) is 50.4 Å². The SMILES string of the molecule is CN=C(NOC=O)c1ccn(CC2CNCCOC2)c(=O)c1. The van der Waals surface area contributed by atoms with Crippen LogP contribution in [0.1, 0.15) is 5.56 Å². The van der Waals surface area contributed by atoms with E-state index in [1.807, 2.05) is 0 Å². The van der Waals surface area contributed by atoms with Crippen molar-refractivity contribution < 1.29 is 14.4 Å². The first kappa shape index (κ1) is 16.2. The van der Waals surface area contributed by atoms with E-state index in [1.54, 1.807) is 16.8 Å². The number of carbonyl (C=O) groups is 1. The Morgan fingerprint density at radius 2 is 2.55 bits per heavy atom. The number of rotatable bonds is 5. The molecular weight excluding hydrogens is 288 g/mol. The van der Waals surface area contributed by atoms with Crippen LogP contribution in [-0.4, -0.2) is 50.2 Å². The summed E-state index contributed by atoms with van der Waals surface area (Å²) in [7, 11) is 1.54. The molecule has 1 aromatic rings. The molecule has 0 spiro atoms. The standard InChI is InChI=1S/C14H20N4O4/c1-15-14(17-22-10-19)12-2-4-18(13(20)6-12)8-11-7-16-3-5-21-9-11/h2,4,6,10-11,16H,3,5,7-9H2,1H3,(H,15,17). The Morgan fingerprint density at radius 3 is 3.27 bits per heavy atom. The molecule has 1 fully saturated rings. The molecule has 2 heterocycles. The van der Waals surface area contributed by atoms with Crippen molar-refractivity contribution in [2.75, 3.05) is 33.4 Å². The largest absolute Gasteiger partial charge is 0.380 e. The minimum atomic E-state index is -0.143. The smallest absolute Gasteiger partial charge is 0.320 e. The molecule has 8 nitrogen and oxygen atoms in total. The summed E-state index contributed by atoms with van der Waals surface area (Å²) in [5.41, 5.74) is 2.79. The predicted molar refractivity (Wildman–Crippen MR) is 80.6 cm³/mol. The maximum Gasteiger partial charge on any atom is 0.320 e. The minimum Gasteiger partial charge on any atom is -0.380 e. The lowest BCUT2D eigenvalue weighted by Crippen LogP contribution is -2.32. The number of amidine groups is 1. The molecule has 8 heteroatoms. The highest BCUT2D eigenvalue weighted by Crippen LogP contribution is 2.04. The quantitative estimate of drug-likeness (QED) is 0.318. The van der Waals surface area contributed by atoms with Crippen molar-refractivity contribution >= 4 is 12.3 Å². The number of nitrogens with zero attached hydrogens (tertiary/aromatic N) is 2. The van der Waals surface area contributed by atoms with Crippen LogP contribution in [0.5, 0.6) is 0 Å².